The fourth-order valence-corrected chi connectivity index (χ4v) is 3.53. The van der Waals surface area contributed by atoms with E-state index in [0.29, 0.717) is 36.8 Å². The summed E-state index contributed by atoms with van der Waals surface area (Å²) >= 11 is 0. The first kappa shape index (κ1) is 19.2. The van der Waals surface area contributed by atoms with E-state index in [1.165, 1.54) is 12.1 Å². The predicted octanol–water partition coefficient (Wildman–Crippen LogP) is 2.21. The number of nitrogens with zero attached hydrogens (tertiary/aromatic N) is 4. The molecule has 1 aliphatic heterocycles. The molecule has 1 aromatic heterocycles. The normalized spacial score (nSPS) is 17.5. The Labute approximate surface area is 159 Å². The molecular formula is C20H26FN5O. The van der Waals surface area contributed by atoms with Gasteiger partial charge in [-0.2, -0.15) is 0 Å². The summed E-state index contributed by atoms with van der Waals surface area (Å²) in [5.41, 5.74) is 5.63. The quantitative estimate of drug-likeness (QED) is 0.872. The van der Waals surface area contributed by atoms with Gasteiger partial charge in [0.25, 0.3) is 0 Å². The summed E-state index contributed by atoms with van der Waals surface area (Å²) in [6, 6.07) is 8.16. The summed E-state index contributed by atoms with van der Waals surface area (Å²) in [7, 11) is 2.00. The molecule has 2 aromatic rings. The van der Waals surface area contributed by atoms with Crippen molar-refractivity contribution in [1.82, 2.24) is 19.8 Å². The molecule has 144 valence electrons. The second-order valence-electron chi connectivity index (χ2n) is 7.64. The van der Waals surface area contributed by atoms with Crippen molar-refractivity contribution in [2.24, 2.45) is 0 Å². The zero-order valence-electron chi connectivity index (χ0n) is 16.0. The molecule has 3 rings (SSSR count). The van der Waals surface area contributed by atoms with Crippen LogP contribution in [0.5, 0.6) is 0 Å². The van der Waals surface area contributed by atoms with Crippen molar-refractivity contribution in [1.29, 1.82) is 0 Å². The summed E-state index contributed by atoms with van der Waals surface area (Å²) in [6.45, 7) is 5.59. The second kappa shape index (κ2) is 7.60. The average molecular weight is 371 g/mol. The van der Waals surface area contributed by atoms with Gasteiger partial charge in [-0.05, 0) is 51.1 Å². The van der Waals surface area contributed by atoms with E-state index < -0.39 is 5.41 Å². The van der Waals surface area contributed by atoms with Gasteiger partial charge in [0.1, 0.15) is 17.5 Å². The Hall–Kier alpha value is -2.54. The minimum atomic E-state index is -0.771. The number of rotatable bonds is 5. The van der Waals surface area contributed by atoms with Crippen LogP contribution in [0.15, 0.2) is 36.5 Å². The average Bonchev–Trinajstić information content (AvgIpc) is 3.11. The molecule has 1 unspecified atom stereocenters. The van der Waals surface area contributed by atoms with E-state index >= 15 is 0 Å². The maximum Gasteiger partial charge on any atom is 0.232 e. The highest BCUT2D eigenvalue weighted by molar-refractivity contribution is 5.87. The van der Waals surface area contributed by atoms with E-state index in [1.807, 2.05) is 25.8 Å². The van der Waals surface area contributed by atoms with E-state index in [9.17, 15) is 9.18 Å². The van der Waals surface area contributed by atoms with Crippen LogP contribution in [0, 0.1) is 5.82 Å². The van der Waals surface area contributed by atoms with E-state index in [1.54, 1.807) is 24.4 Å². The third-order valence-electron chi connectivity index (χ3n) is 5.27. The van der Waals surface area contributed by atoms with Gasteiger partial charge in [-0.25, -0.2) is 14.4 Å². The molecule has 1 fully saturated rings. The number of anilines is 1. The molecule has 1 aliphatic rings. The standard InChI is InChI=1S/C20H26FN5O/c1-20(2,14-5-4-6-15(21)11-14)19(27)26-10-8-16(12-26)25(3)13-18-23-9-7-17(22)24-18/h4-7,9,11,16H,8,10,12-13H2,1-3H3,(H2,22,23,24). The number of nitrogens with two attached hydrogens (primary N) is 1. The van der Waals surface area contributed by atoms with Gasteiger partial charge in [-0.3, -0.25) is 9.69 Å². The predicted molar refractivity (Wildman–Crippen MR) is 102 cm³/mol. The van der Waals surface area contributed by atoms with Crippen LogP contribution in [-0.4, -0.2) is 51.9 Å². The number of hydrogen-bond acceptors (Lipinski definition) is 5. The number of amides is 1. The molecule has 7 heteroatoms. The van der Waals surface area contributed by atoms with Crippen LogP contribution in [0.3, 0.4) is 0 Å². The summed E-state index contributed by atoms with van der Waals surface area (Å²) in [5, 5.41) is 0. The lowest BCUT2D eigenvalue weighted by molar-refractivity contribution is -0.135. The fraction of sp³-hybridized carbons (Fsp3) is 0.450. The Morgan fingerprint density at radius 2 is 2.19 bits per heavy atom. The molecule has 27 heavy (non-hydrogen) atoms. The summed E-state index contributed by atoms with van der Waals surface area (Å²) in [4.78, 5) is 25.6. The van der Waals surface area contributed by atoms with Gasteiger partial charge in [0.05, 0.1) is 12.0 Å². The van der Waals surface area contributed by atoms with Crippen molar-refractivity contribution in [3.8, 4) is 0 Å². The lowest BCUT2D eigenvalue weighted by Gasteiger charge is -2.30. The Balaban J connectivity index is 1.65. The van der Waals surface area contributed by atoms with Crippen molar-refractivity contribution in [3.05, 3.63) is 53.7 Å². The van der Waals surface area contributed by atoms with Crippen LogP contribution in [-0.2, 0) is 16.8 Å². The van der Waals surface area contributed by atoms with Crippen molar-refractivity contribution < 1.29 is 9.18 Å². The van der Waals surface area contributed by atoms with Crippen LogP contribution in [0.2, 0.25) is 0 Å². The van der Waals surface area contributed by atoms with Crippen LogP contribution < -0.4 is 5.73 Å². The molecule has 2 N–H and O–H groups in total. The molecule has 0 saturated carbocycles. The van der Waals surface area contributed by atoms with Gasteiger partial charge < -0.3 is 10.6 Å². The van der Waals surface area contributed by atoms with Crippen LogP contribution in [0.4, 0.5) is 10.2 Å². The van der Waals surface area contributed by atoms with Gasteiger partial charge in [0.15, 0.2) is 0 Å². The highest BCUT2D eigenvalue weighted by Crippen LogP contribution is 2.29. The summed E-state index contributed by atoms with van der Waals surface area (Å²) in [5.74, 6) is 0.814. The van der Waals surface area contributed by atoms with Crippen LogP contribution in [0.25, 0.3) is 0 Å². The smallest absolute Gasteiger partial charge is 0.232 e. The number of nitrogen functional groups attached to an aromatic ring is 1. The number of carbonyl (C=O) groups excluding carboxylic acids is 1. The molecule has 6 nitrogen and oxygen atoms in total. The first-order valence-corrected chi connectivity index (χ1v) is 9.10. The maximum absolute atomic E-state index is 13.6. The van der Waals surface area contributed by atoms with Crippen molar-refractivity contribution in [3.63, 3.8) is 0 Å². The second-order valence-corrected chi connectivity index (χ2v) is 7.64. The number of hydrogen-bond donors (Lipinski definition) is 1. The zero-order valence-corrected chi connectivity index (χ0v) is 16.0. The molecule has 1 aromatic carbocycles. The van der Waals surface area contributed by atoms with E-state index in [2.05, 4.69) is 14.9 Å². The Kier molecular flexibility index (Phi) is 5.41. The molecule has 0 bridgehead atoms. The Morgan fingerprint density at radius 1 is 1.41 bits per heavy atom. The maximum atomic E-state index is 13.6. The third kappa shape index (κ3) is 4.24. The summed E-state index contributed by atoms with van der Waals surface area (Å²) < 4.78 is 13.6. The minimum Gasteiger partial charge on any atom is -0.384 e. The third-order valence-corrected chi connectivity index (χ3v) is 5.27. The van der Waals surface area contributed by atoms with Gasteiger partial charge in [0, 0.05) is 25.3 Å². The molecule has 0 spiro atoms. The first-order valence-electron chi connectivity index (χ1n) is 9.10. The highest BCUT2D eigenvalue weighted by Gasteiger charge is 2.38. The van der Waals surface area contributed by atoms with E-state index in [4.69, 9.17) is 5.73 Å². The highest BCUT2D eigenvalue weighted by atomic mass is 19.1. The van der Waals surface area contributed by atoms with Crippen molar-refractivity contribution in [2.45, 2.75) is 38.3 Å². The zero-order chi connectivity index (χ0) is 19.6. The van der Waals surface area contributed by atoms with Crippen LogP contribution in [0.1, 0.15) is 31.7 Å². The van der Waals surface area contributed by atoms with Crippen molar-refractivity contribution >= 4 is 11.7 Å². The van der Waals surface area contributed by atoms with E-state index in [-0.39, 0.29) is 17.8 Å². The number of halogens is 1. The van der Waals surface area contributed by atoms with Gasteiger partial charge in [-0.1, -0.05) is 12.1 Å². The van der Waals surface area contributed by atoms with Gasteiger partial charge in [-0.15, -0.1) is 0 Å². The number of likely N-dealkylation sites (tertiary alicyclic amines) is 1. The lowest BCUT2D eigenvalue weighted by Crippen LogP contribution is -2.44. The summed E-state index contributed by atoms with van der Waals surface area (Å²) in [6.07, 6.45) is 2.53. The molecule has 1 atom stereocenters. The van der Waals surface area contributed by atoms with E-state index in [0.717, 1.165) is 6.42 Å². The number of likely N-dealkylation sites (N-methyl/N-ethyl adjacent to an activating group) is 1. The molecule has 0 aliphatic carbocycles. The number of carbonyl (C=O) groups is 1. The molecule has 1 saturated heterocycles. The van der Waals surface area contributed by atoms with Gasteiger partial charge >= 0.3 is 0 Å². The minimum absolute atomic E-state index is 0.0178. The molecule has 2 heterocycles. The molecular weight excluding hydrogens is 345 g/mol. The topological polar surface area (TPSA) is 75.4 Å². The fourth-order valence-electron chi connectivity index (χ4n) is 3.53. The molecule has 1 amide bonds. The Bertz CT molecular complexity index is 826. The van der Waals surface area contributed by atoms with Crippen LogP contribution >= 0.6 is 0 Å². The first-order chi connectivity index (χ1) is 12.8. The molecule has 0 radical (unpaired) electrons. The number of aromatic nitrogens is 2. The van der Waals surface area contributed by atoms with Gasteiger partial charge in [0.2, 0.25) is 5.91 Å². The lowest BCUT2D eigenvalue weighted by atomic mass is 9.83. The largest absolute Gasteiger partial charge is 0.384 e. The SMILES string of the molecule is CN(Cc1nccc(N)n1)C1CCN(C(=O)C(C)(C)c2cccc(F)c2)C1. The van der Waals surface area contributed by atoms with Crippen molar-refractivity contribution in [2.75, 3.05) is 25.9 Å². The monoisotopic (exact) mass is 371 g/mol. The Morgan fingerprint density at radius 3 is 2.89 bits per heavy atom. The number of benzene rings is 1.